The number of hydrogen-bond donors (Lipinski definition) is 1. The van der Waals surface area contributed by atoms with Crippen LogP contribution in [0.15, 0.2) is 41.0 Å². The van der Waals surface area contributed by atoms with E-state index in [2.05, 4.69) is 41.4 Å². The molecule has 0 unspecified atom stereocenters. The topological polar surface area (TPSA) is 74.2 Å². The molecule has 1 aromatic carbocycles. The molecule has 1 aliphatic rings. The molecule has 0 spiro atoms. The number of hydrogen-bond acceptors (Lipinski definition) is 4. The van der Waals surface area contributed by atoms with Crippen molar-refractivity contribution in [3.63, 3.8) is 0 Å². The second kappa shape index (κ2) is 8.11. The summed E-state index contributed by atoms with van der Waals surface area (Å²) in [5.41, 5.74) is 5.97. The van der Waals surface area contributed by atoms with Crippen LogP contribution in [-0.4, -0.2) is 23.6 Å². The summed E-state index contributed by atoms with van der Waals surface area (Å²) in [7, 11) is 0. The number of carbonyl (C=O) groups excluding carboxylic acids is 1. The van der Waals surface area contributed by atoms with Gasteiger partial charge < -0.3 is 19.2 Å². The number of fused-ring (bicyclic) bond motifs is 1. The molecule has 0 atom stereocenters. The van der Waals surface area contributed by atoms with Gasteiger partial charge in [-0.15, -0.1) is 0 Å². The summed E-state index contributed by atoms with van der Waals surface area (Å²) in [4.78, 5) is 15.1. The Morgan fingerprint density at radius 1 is 1.27 bits per heavy atom. The van der Waals surface area contributed by atoms with Gasteiger partial charge in [0.1, 0.15) is 17.6 Å². The van der Waals surface area contributed by atoms with Gasteiger partial charge in [0.25, 0.3) is 0 Å². The van der Waals surface area contributed by atoms with E-state index in [0.717, 1.165) is 42.1 Å². The molecule has 0 aliphatic carbocycles. The average molecular weight is 402 g/mol. The number of furan rings is 1. The number of nitriles is 1. The van der Waals surface area contributed by atoms with Crippen molar-refractivity contribution < 1.29 is 9.21 Å². The van der Waals surface area contributed by atoms with Crippen molar-refractivity contribution in [1.82, 2.24) is 4.57 Å². The van der Waals surface area contributed by atoms with E-state index in [1.54, 1.807) is 6.26 Å². The molecule has 6 nitrogen and oxygen atoms in total. The highest BCUT2D eigenvalue weighted by Gasteiger charge is 2.23. The van der Waals surface area contributed by atoms with Crippen LogP contribution < -0.4 is 10.2 Å². The largest absolute Gasteiger partial charge is 0.467 e. The van der Waals surface area contributed by atoms with Gasteiger partial charge in [-0.25, -0.2) is 0 Å². The number of aryl methyl sites for hydroxylation is 2. The maximum absolute atomic E-state index is 13.0. The van der Waals surface area contributed by atoms with Crippen molar-refractivity contribution in [2.75, 3.05) is 23.3 Å². The molecule has 1 amide bonds. The fourth-order valence-corrected chi connectivity index (χ4v) is 4.20. The van der Waals surface area contributed by atoms with Crippen LogP contribution in [0.3, 0.4) is 0 Å². The molecule has 30 heavy (non-hydrogen) atoms. The lowest BCUT2D eigenvalue weighted by Gasteiger charge is -2.31. The Balaban J connectivity index is 1.58. The van der Waals surface area contributed by atoms with Crippen molar-refractivity contribution in [3.8, 4) is 6.07 Å². The third kappa shape index (κ3) is 3.71. The highest BCUT2D eigenvalue weighted by Crippen LogP contribution is 2.29. The van der Waals surface area contributed by atoms with E-state index in [4.69, 9.17) is 4.42 Å². The number of nitrogens with one attached hydrogen (secondary N) is 1. The molecule has 3 aromatic rings. The third-order valence-electron chi connectivity index (χ3n) is 5.88. The second-order valence-corrected chi connectivity index (χ2v) is 7.92. The zero-order valence-corrected chi connectivity index (χ0v) is 17.7. The lowest BCUT2D eigenvalue weighted by atomic mass is 9.99. The zero-order chi connectivity index (χ0) is 21.3. The number of amides is 1. The SMILES string of the molecule is Cc1ccc2c(c1)CCCN2CC(=O)Nc1c(C#N)c(C)c(C)n1Cc1ccco1. The summed E-state index contributed by atoms with van der Waals surface area (Å²) >= 11 is 0. The first-order valence-electron chi connectivity index (χ1n) is 10.2. The van der Waals surface area contributed by atoms with Crippen LogP contribution in [0.5, 0.6) is 0 Å². The second-order valence-electron chi connectivity index (χ2n) is 7.92. The van der Waals surface area contributed by atoms with E-state index >= 15 is 0 Å². The molecule has 6 heteroatoms. The fraction of sp³-hybridized carbons (Fsp3) is 0.333. The van der Waals surface area contributed by atoms with Crippen LogP contribution in [0.1, 0.15) is 40.1 Å². The van der Waals surface area contributed by atoms with E-state index < -0.39 is 0 Å². The Morgan fingerprint density at radius 2 is 2.10 bits per heavy atom. The molecule has 2 aromatic heterocycles. The van der Waals surface area contributed by atoms with Crippen molar-refractivity contribution in [2.45, 2.75) is 40.2 Å². The lowest BCUT2D eigenvalue weighted by molar-refractivity contribution is -0.115. The van der Waals surface area contributed by atoms with Crippen LogP contribution in [0.4, 0.5) is 11.5 Å². The van der Waals surface area contributed by atoms with Crippen LogP contribution in [0, 0.1) is 32.1 Å². The number of rotatable bonds is 5. The predicted molar refractivity (Wildman–Crippen MR) is 117 cm³/mol. The fourth-order valence-electron chi connectivity index (χ4n) is 4.20. The first kappa shape index (κ1) is 19.8. The van der Waals surface area contributed by atoms with Crippen LogP contribution in [0.2, 0.25) is 0 Å². The maximum atomic E-state index is 13.0. The molecular weight excluding hydrogens is 376 g/mol. The quantitative estimate of drug-likeness (QED) is 0.690. The summed E-state index contributed by atoms with van der Waals surface area (Å²) in [6.45, 7) is 7.52. The molecule has 1 N–H and O–H groups in total. The van der Waals surface area contributed by atoms with Gasteiger partial charge in [-0.3, -0.25) is 4.79 Å². The number of nitrogens with zero attached hydrogens (tertiary/aromatic N) is 3. The molecule has 0 saturated carbocycles. The van der Waals surface area contributed by atoms with Gasteiger partial charge in [0.2, 0.25) is 5.91 Å². The minimum atomic E-state index is -0.127. The molecular formula is C24H26N4O2. The molecule has 1 aliphatic heterocycles. The summed E-state index contributed by atoms with van der Waals surface area (Å²) in [6.07, 6.45) is 3.69. The maximum Gasteiger partial charge on any atom is 0.245 e. The van der Waals surface area contributed by atoms with Crippen molar-refractivity contribution >= 4 is 17.4 Å². The zero-order valence-electron chi connectivity index (χ0n) is 17.7. The van der Waals surface area contributed by atoms with Gasteiger partial charge in [0, 0.05) is 17.9 Å². The average Bonchev–Trinajstić information content (AvgIpc) is 3.31. The van der Waals surface area contributed by atoms with Crippen LogP contribution >= 0.6 is 0 Å². The monoisotopic (exact) mass is 402 g/mol. The predicted octanol–water partition coefficient (Wildman–Crippen LogP) is 4.32. The highest BCUT2D eigenvalue weighted by atomic mass is 16.3. The Morgan fingerprint density at radius 3 is 2.83 bits per heavy atom. The third-order valence-corrected chi connectivity index (χ3v) is 5.88. The molecule has 0 saturated heterocycles. The van der Waals surface area contributed by atoms with E-state index in [1.807, 2.05) is 30.5 Å². The first-order chi connectivity index (χ1) is 14.5. The first-order valence-corrected chi connectivity index (χ1v) is 10.2. The van der Waals surface area contributed by atoms with Gasteiger partial charge in [-0.2, -0.15) is 5.26 Å². The number of aromatic nitrogens is 1. The van der Waals surface area contributed by atoms with Gasteiger partial charge in [0.05, 0.1) is 24.9 Å². The Kier molecular flexibility index (Phi) is 5.37. The Bertz CT molecular complexity index is 1120. The normalized spacial score (nSPS) is 13.1. The number of anilines is 2. The van der Waals surface area contributed by atoms with Gasteiger partial charge in [-0.05, 0) is 62.9 Å². The van der Waals surface area contributed by atoms with E-state index in [9.17, 15) is 10.1 Å². The van der Waals surface area contributed by atoms with Crippen molar-refractivity contribution in [3.05, 3.63) is 70.3 Å². The summed E-state index contributed by atoms with van der Waals surface area (Å²) in [6, 6.07) is 12.4. The lowest BCUT2D eigenvalue weighted by Crippen LogP contribution is -2.37. The van der Waals surface area contributed by atoms with Crippen LogP contribution in [-0.2, 0) is 17.8 Å². The molecule has 4 rings (SSSR count). The van der Waals surface area contributed by atoms with Crippen molar-refractivity contribution in [1.29, 1.82) is 5.26 Å². The minimum absolute atomic E-state index is 0.127. The standard InChI is InChI=1S/C24H26N4O2/c1-16-8-9-22-19(12-16)6-4-10-27(22)15-23(29)26-24-21(13-25)17(2)18(3)28(24)14-20-7-5-11-30-20/h5,7-9,11-12H,4,6,10,14-15H2,1-3H3,(H,26,29). The van der Waals surface area contributed by atoms with Crippen LogP contribution in [0.25, 0.3) is 0 Å². The van der Waals surface area contributed by atoms with Gasteiger partial charge in [0.15, 0.2) is 0 Å². The van der Waals surface area contributed by atoms with Gasteiger partial charge >= 0.3 is 0 Å². The smallest absolute Gasteiger partial charge is 0.245 e. The van der Waals surface area contributed by atoms with E-state index in [-0.39, 0.29) is 12.5 Å². The minimum Gasteiger partial charge on any atom is -0.467 e. The summed E-state index contributed by atoms with van der Waals surface area (Å²) < 4.78 is 7.42. The summed E-state index contributed by atoms with van der Waals surface area (Å²) in [5, 5.41) is 12.7. The summed E-state index contributed by atoms with van der Waals surface area (Å²) in [5.74, 6) is 1.18. The molecule has 3 heterocycles. The number of benzene rings is 1. The highest BCUT2D eigenvalue weighted by molar-refractivity contribution is 5.95. The molecule has 154 valence electrons. The Labute approximate surface area is 176 Å². The van der Waals surface area contributed by atoms with Crippen molar-refractivity contribution in [2.24, 2.45) is 0 Å². The van der Waals surface area contributed by atoms with Gasteiger partial charge in [-0.1, -0.05) is 17.7 Å². The number of carbonyl (C=O) groups is 1. The van der Waals surface area contributed by atoms with E-state index in [1.165, 1.54) is 11.1 Å². The molecule has 0 radical (unpaired) electrons. The molecule has 0 fully saturated rings. The Hall–Kier alpha value is -3.46. The molecule has 0 bridgehead atoms. The van der Waals surface area contributed by atoms with E-state index in [0.29, 0.717) is 17.9 Å².